The molecule has 0 radical (unpaired) electrons. The molecular weight excluding hydrogens is 954 g/mol. The Hall–Kier alpha value is -2.94. The van der Waals surface area contributed by atoms with Crippen molar-refractivity contribution < 1.29 is 92.2 Å². The zero-order chi connectivity index (χ0) is 52.0. The third-order valence-corrected chi connectivity index (χ3v) is 13.0. The van der Waals surface area contributed by atoms with E-state index in [0.717, 1.165) is 63.9 Å². The second-order valence-electron chi connectivity index (χ2n) is 17.4. The first-order valence-corrected chi connectivity index (χ1v) is 27.4. The van der Waals surface area contributed by atoms with Gasteiger partial charge in [-0.1, -0.05) is 125 Å². The molecule has 1 saturated carbocycles. The summed E-state index contributed by atoms with van der Waals surface area (Å²) in [6.07, 6.45) is 12.9. The van der Waals surface area contributed by atoms with Crippen LogP contribution < -0.4 is 0 Å². The van der Waals surface area contributed by atoms with E-state index in [4.69, 9.17) is 23.0 Å². The van der Waals surface area contributed by atoms with Crippen LogP contribution in [0, 0.1) is 11.8 Å². The predicted molar refractivity (Wildman–Crippen MR) is 261 cm³/mol. The molecule has 1 aliphatic heterocycles. The molecule has 0 aromatic rings. The van der Waals surface area contributed by atoms with Crippen LogP contribution in [0.5, 0.6) is 0 Å². The normalized spacial score (nSPS) is 31.5. The largest absolute Gasteiger partial charge is 0.472 e. The molecule has 0 amide bonds. The molecule has 1 aliphatic carbocycles. The van der Waals surface area contributed by atoms with Crippen LogP contribution in [0.1, 0.15) is 123 Å². The standard InChI is InChI=1S/C49H80O19P2/c1-3-5-7-8-9-10-11-12-13-14-15-16-17-18-19-20-21-22-24-30-43(54)66-37-34-64-42(53)29-26-25-28-38-40(51)33-41(52)39(32-31-36(50)27-23-6-4-2)45(56)48(67-69(59,60)61)49(47(58)46(57)44(38)55)68-70(62,63)65-35-37/h5,7,9-10,12-13,15-16,18-19,25-26,31-32,36-41,44-52,55-58H,3-4,6,8,11,14,17,20-24,27-30,33-35H2,1-2H3,(H,62,63)(H2,59,60,61)/b7-5-,10-9-,13-12-,16-15-,19-18-,26-25-,32-31+/t36-,37-,38-,39+,40+,41-,44-,45-,46+,47-,48-,49+/m1/s1. The molecule has 0 aromatic heterocycles. The number of aliphatic hydroxyl groups excluding tert-OH is 7. The van der Waals surface area contributed by atoms with E-state index in [-0.39, 0.29) is 19.3 Å². The summed E-state index contributed by atoms with van der Waals surface area (Å²) in [6, 6.07) is 0. The monoisotopic (exact) mass is 1030 g/mol. The van der Waals surface area contributed by atoms with Gasteiger partial charge in [0.05, 0.1) is 43.5 Å². The van der Waals surface area contributed by atoms with E-state index in [1.54, 1.807) is 0 Å². The minimum absolute atomic E-state index is 0.0792. The van der Waals surface area contributed by atoms with Gasteiger partial charge in [0.25, 0.3) is 0 Å². The lowest BCUT2D eigenvalue weighted by Gasteiger charge is -2.38. The zero-order valence-corrected chi connectivity index (χ0v) is 42.3. The van der Waals surface area contributed by atoms with Crippen LogP contribution in [0.15, 0.2) is 85.1 Å². The average molecular weight is 1040 g/mol. The van der Waals surface area contributed by atoms with E-state index < -0.39 is 127 Å². The number of hydrogen-bond donors (Lipinski definition) is 10. The summed E-state index contributed by atoms with van der Waals surface area (Å²) in [5, 5.41) is 79.4. The van der Waals surface area contributed by atoms with E-state index in [2.05, 4.69) is 67.7 Å². The molecule has 10 N–H and O–H groups in total. The van der Waals surface area contributed by atoms with E-state index in [1.165, 1.54) is 18.2 Å². The number of phosphoric acid groups is 2. The molecule has 0 aromatic carbocycles. The Bertz CT molecular complexity index is 1790. The Morgan fingerprint density at radius 3 is 2.04 bits per heavy atom. The number of cyclic esters (lactones) is 1. The van der Waals surface area contributed by atoms with E-state index >= 15 is 0 Å². The highest BCUT2D eigenvalue weighted by atomic mass is 31.2. The molecule has 21 heteroatoms. The number of rotatable bonds is 24. The number of hydrogen-bond acceptors (Lipinski definition) is 16. The van der Waals surface area contributed by atoms with Crippen LogP contribution in [-0.2, 0) is 41.8 Å². The molecule has 0 saturated heterocycles. The van der Waals surface area contributed by atoms with Crippen LogP contribution in [0.25, 0.3) is 0 Å². The Morgan fingerprint density at radius 2 is 1.43 bits per heavy atom. The topological polar surface area (TPSA) is 317 Å². The number of aliphatic hydroxyl groups is 7. The summed E-state index contributed by atoms with van der Waals surface area (Å²) in [6.45, 7) is 2.38. The highest BCUT2D eigenvalue weighted by molar-refractivity contribution is 7.47. The number of unbranched alkanes of at least 4 members (excludes halogenated alkanes) is 5. The molecule has 2 rings (SSSR count). The lowest BCUT2D eigenvalue weighted by Crippen LogP contribution is -2.56. The maximum absolute atomic E-state index is 13.7. The van der Waals surface area contributed by atoms with Crippen molar-refractivity contribution >= 4 is 27.6 Å². The van der Waals surface area contributed by atoms with Crippen molar-refractivity contribution in [2.75, 3.05) is 13.2 Å². The summed E-state index contributed by atoms with van der Waals surface area (Å²) >= 11 is 0. The first kappa shape index (κ1) is 63.2. The molecule has 400 valence electrons. The zero-order valence-electron chi connectivity index (χ0n) is 40.5. The van der Waals surface area contributed by atoms with E-state index in [1.807, 2.05) is 6.92 Å². The quantitative estimate of drug-likeness (QED) is 0.0237. The van der Waals surface area contributed by atoms with Crippen LogP contribution in [0.4, 0.5) is 0 Å². The van der Waals surface area contributed by atoms with Crippen molar-refractivity contribution in [3.63, 3.8) is 0 Å². The number of carbonyl (C=O) groups is 2. The molecular formula is C49H80O19P2. The lowest BCUT2D eigenvalue weighted by molar-refractivity contribution is -0.165. The molecule has 0 spiro atoms. The van der Waals surface area contributed by atoms with Crippen molar-refractivity contribution in [2.45, 2.75) is 184 Å². The molecule has 1 heterocycles. The van der Waals surface area contributed by atoms with Gasteiger partial charge in [0.1, 0.15) is 31.0 Å². The molecule has 2 aliphatic rings. The van der Waals surface area contributed by atoms with Gasteiger partial charge in [-0.25, -0.2) is 9.13 Å². The minimum atomic E-state index is -5.77. The van der Waals surface area contributed by atoms with Gasteiger partial charge in [0.2, 0.25) is 0 Å². The smallest absolute Gasteiger partial charge is 0.461 e. The van der Waals surface area contributed by atoms with Gasteiger partial charge < -0.3 is 59.9 Å². The summed E-state index contributed by atoms with van der Waals surface area (Å²) in [4.78, 5) is 56.6. The summed E-state index contributed by atoms with van der Waals surface area (Å²) in [5.74, 6) is -4.82. The van der Waals surface area contributed by atoms with Crippen molar-refractivity contribution in [2.24, 2.45) is 11.8 Å². The van der Waals surface area contributed by atoms with Gasteiger partial charge >= 0.3 is 27.6 Å². The summed E-state index contributed by atoms with van der Waals surface area (Å²) in [5.41, 5.74) is 0. The molecule has 1 fully saturated rings. The lowest BCUT2D eigenvalue weighted by atomic mass is 9.83. The fourth-order valence-electron chi connectivity index (χ4n) is 7.67. The van der Waals surface area contributed by atoms with Crippen LogP contribution >= 0.6 is 15.6 Å². The number of esters is 2. The van der Waals surface area contributed by atoms with Crippen molar-refractivity contribution in [3.05, 3.63) is 85.1 Å². The Morgan fingerprint density at radius 1 is 0.800 bits per heavy atom. The van der Waals surface area contributed by atoms with Crippen molar-refractivity contribution in [1.82, 2.24) is 0 Å². The minimum Gasteiger partial charge on any atom is -0.461 e. The van der Waals surface area contributed by atoms with Gasteiger partial charge in [0, 0.05) is 24.7 Å². The maximum Gasteiger partial charge on any atom is 0.472 e. The third kappa shape index (κ3) is 26.7. The fourth-order valence-corrected chi connectivity index (χ4v) is 9.20. The Kier molecular flexibility index (Phi) is 31.8. The first-order chi connectivity index (χ1) is 33.3. The van der Waals surface area contributed by atoms with Gasteiger partial charge in [-0.15, -0.1) is 0 Å². The SMILES string of the molecule is CC/C=C\C/C=C\C/C=C\C/C=C\C/C=C\CCCCCC(=O)O[C@@H]1COC(=O)C/C=C\C[C@H]2[C@@H](O)[C@H](O)[C@@H](O)[C@H](OP(=O)(O)OC1)[C@H](OP(=O)(O)O)[C@H](O)[C@@H](/C=C/[C@H](O)CCCCC)[C@H](O)C[C@@H]2O. The molecule has 70 heavy (non-hydrogen) atoms. The maximum atomic E-state index is 13.7. The predicted octanol–water partition coefficient (Wildman–Crippen LogP) is 5.77. The Labute approximate surface area is 412 Å². The molecule has 13 atom stereocenters. The highest BCUT2D eigenvalue weighted by Gasteiger charge is 2.51. The molecule has 2 bridgehead atoms. The van der Waals surface area contributed by atoms with Crippen LogP contribution in [0.3, 0.4) is 0 Å². The summed E-state index contributed by atoms with van der Waals surface area (Å²) in [7, 11) is -11.5. The first-order valence-electron chi connectivity index (χ1n) is 24.4. The van der Waals surface area contributed by atoms with Crippen LogP contribution in [-0.4, -0.2) is 137 Å². The van der Waals surface area contributed by atoms with Gasteiger partial charge in [-0.05, 0) is 64.2 Å². The third-order valence-electron chi connectivity index (χ3n) is 11.5. The molecule has 19 nitrogen and oxygen atoms in total. The van der Waals surface area contributed by atoms with Gasteiger partial charge in [-0.3, -0.25) is 23.2 Å². The number of allylic oxidation sites excluding steroid dienone is 11. The van der Waals surface area contributed by atoms with E-state index in [9.17, 15) is 69.1 Å². The fraction of sp³-hybridized carbons (Fsp3) is 0.673. The number of fused-ring (bicyclic) bond motifs is 4. The van der Waals surface area contributed by atoms with Crippen molar-refractivity contribution in [3.8, 4) is 0 Å². The van der Waals surface area contributed by atoms with Gasteiger partial charge in [-0.2, -0.15) is 0 Å². The van der Waals surface area contributed by atoms with Crippen molar-refractivity contribution in [1.29, 1.82) is 0 Å². The van der Waals surface area contributed by atoms with Gasteiger partial charge in [0.15, 0.2) is 6.10 Å². The second kappa shape index (κ2) is 35.3. The van der Waals surface area contributed by atoms with E-state index in [0.29, 0.717) is 19.3 Å². The number of phosphoric ester groups is 2. The summed E-state index contributed by atoms with van der Waals surface area (Å²) < 4.78 is 51.9. The average Bonchev–Trinajstić information content (AvgIpc) is 3.30. The highest BCUT2D eigenvalue weighted by Crippen LogP contribution is 2.50. The second-order valence-corrected chi connectivity index (χ2v) is 20.0. The van der Waals surface area contributed by atoms with Crippen LogP contribution in [0.2, 0.25) is 0 Å². The number of carbonyl (C=O) groups excluding carboxylic acids is 2. The number of ether oxygens (including phenoxy) is 2. The Balaban J connectivity index is 2.25. The molecule has 1 unspecified atom stereocenters.